The van der Waals surface area contributed by atoms with Crippen molar-refractivity contribution in [1.82, 2.24) is 9.80 Å². The van der Waals surface area contributed by atoms with Crippen molar-refractivity contribution in [2.24, 2.45) is 0 Å². The molecule has 1 saturated heterocycles. The molecule has 3 aromatic rings. The van der Waals surface area contributed by atoms with Gasteiger partial charge >= 0.3 is 0 Å². The van der Waals surface area contributed by atoms with Crippen molar-refractivity contribution in [3.8, 4) is 11.5 Å². The SMILES string of the molecule is COCCOCOc1ccc(C=CC=CC(=O)N2CCN(CCCOC(c3ccccc3)c3ccccc3)CC2)cc1OC. The van der Waals surface area contributed by atoms with E-state index in [0.29, 0.717) is 31.3 Å². The Morgan fingerprint density at radius 2 is 1.52 bits per heavy atom. The van der Waals surface area contributed by atoms with Crippen molar-refractivity contribution < 1.29 is 28.5 Å². The van der Waals surface area contributed by atoms with Gasteiger partial charge in [0.2, 0.25) is 5.91 Å². The van der Waals surface area contributed by atoms with Crippen LogP contribution in [-0.2, 0) is 19.0 Å². The van der Waals surface area contributed by atoms with Gasteiger partial charge in [0.05, 0.1) is 20.3 Å². The maximum Gasteiger partial charge on any atom is 0.246 e. The quantitative estimate of drug-likeness (QED) is 0.0864. The van der Waals surface area contributed by atoms with Gasteiger partial charge in [-0.2, -0.15) is 0 Å². The first-order chi connectivity index (χ1) is 21.7. The number of nitrogens with zero attached hydrogens (tertiary/aromatic N) is 2. The molecule has 0 bridgehead atoms. The molecule has 0 atom stereocenters. The van der Waals surface area contributed by atoms with Gasteiger partial charge in [0.25, 0.3) is 0 Å². The number of rotatable bonds is 17. The average molecular weight is 601 g/mol. The summed E-state index contributed by atoms with van der Waals surface area (Å²) >= 11 is 0. The molecule has 1 fully saturated rings. The Kier molecular flexibility index (Phi) is 14.0. The van der Waals surface area contributed by atoms with Crippen LogP contribution in [0.15, 0.2) is 97.1 Å². The van der Waals surface area contributed by atoms with Gasteiger partial charge in [-0.1, -0.05) is 85.0 Å². The first-order valence-corrected chi connectivity index (χ1v) is 15.1. The number of ether oxygens (including phenoxy) is 5. The maximum atomic E-state index is 12.7. The van der Waals surface area contributed by atoms with Crippen LogP contribution < -0.4 is 9.47 Å². The van der Waals surface area contributed by atoms with E-state index in [-0.39, 0.29) is 18.8 Å². The number of carbonyl (C=O) groups is 1. The molecule has 4 rings (SSSR count). The van der Waals surface area contributed by atoms with Crippen molar-refractivity contribution in [3.63, 3.8) is 0 Å². The lowest BCUT2D eigenvalue weighted by Crippen LogP contribution is -2.48. The smallest absolute Gasteiger partial charge is 0.246 e. The molecule has 8 heteroatoms. The number of allylic oxidation sites excluding steroid dienone is 2. The molecule has 1 aliphatic rings. The molecule has 0 radical (unpaired) electrons. The van der Waals surface area contributed by atoms with Crippen molar-refractivity contribution in [2.75, 3.05) is 73.6 Å². The summed E-state index contributed by atoms with van der Waals surface area (Å²) < 4.78 is 27.7. The normalized spacial score (nSPS) is 14.1. The lowest BCUT2D eigenvalue weighted by Gasteiger charge is -2.34. The van der Waals surface area contributed by atoms with Crippen molar-refractivity contribution in [1.29, 1.82) is 0 Å². The van der Waals surface area contributed by atoms with E-state index < -0.39 is 0 Å². The van der Waals surface area contributed by atoms with E-state index in [9.17, 15) is 4.79 Å². The Hall–Kier alpha value is -3.95. The molecular formula is C36H44N2O6. The van der Waals surface area contributed by atoms with E-state index >= 15 is 0 Å². The number of methoxy groups -OCH3 is 2. The summed E-state index contributed by atoms with van der Waals surface area (Å²) in [6, 6.07) is 26.4. The van der Waals surface area contributed by atoms with Gasteiger partial charge in [0, 0.05) is 52.5 Å². The van der Waals surface area contributed by atoms with Gasteiger partial charge in [-0.25, -0.2) is 0 Å². The van der Waals surface area contributed by atoms with E-state index in [1.54, 1.807) is 26.4 Å². The zero-order valence-electron chi connectivity index (χ0n) is 25.8. The molecule has 1 aliphatic heterocycles. The molecule has 0 N–H and O–H groups in total. The second kappa shape index (κ2) is 18.7. The minimum absolute atomic E-state index is 0.0287. The standard InChI is InChI=1S/C36H44N2O6/c1-40-26-27-42-29-44-33-19-18-30(28-34(33)41-2)12-9-10-17-35(39)38-23-21-37(22-24-38)20-11-25-43-36(31-13-5-3-6-14-31)32-15-7-4-8-16-32/h3-10,12-19,28,36H,11,20-27,29H2,1-2H3. The first kappa shape index (κ1) is 33.0. The van der Waals surface area contributed by atoms with Crippen LogP contribution in [0, 0.1) is 0 Å². The fraction of sp³-hybridized carbons (Fsp3) is 0.361. The van der Waals surface area contributed by atoms with E-state index in [1.807, 2.05) is 47.4 Å². The van der Waals surface area contributed by atoms with Gasteiger partial charge in [-0.05, 0) is 35.2 Å². The van der Waals surface area contributed by atoms with E-state index in [1.165, 1.54) is 0 Å². The van der Waals surface area contributed by atoms with Crippen LogP contribution in [0.5, 0.6) is 11.5 Å². The Balaban J connectivity index is 1.16. The fourth-order valence-electron chi connectivity index (χ4n) is 4.95. The molecule has 44 heavy (non-hydrogen) atoms. The van der Waals surface area contributed by atoms with E-state index in [0.717, 1.165) is 55.8 Å². The van der Waals surface area contributed by atoms with Gasteiger partial charge < -0.3 is 28.6 Å². The molecule has 1 heterocycles. The molecular weight excluding hydrogens is 556 g/mol. The van der Waals surface area contributed by atoms with Crippen molar-refractivity contribution in [2.45, 2.75) is 12.5 Å². The maximum absolute atomic E-state index is 12.7. The zero-order chi connectivity index (χ0) is 30.8. The van der Waals surface area contributed by atoms with Crippen LogP contribution in [0.2, 0.25) is 0 Å². The van der Waals surface area contributed by atoms with Crippen LogP contribution in [-0.4, -0.2) is 89.3 Å². The molecule has 0 aliphatic carbocycles. The van der Waals surface area contributed by atoms with Crippen LogP contribution in [0.1, 0.15) is 29.2 Å². The summed E-state index contributed by atoms with van der Waals surface area (Å²) in [5, 5.41) is 0. The Morgan fingerprint density at radius 1 is 0.818 bits per heavy atom. The van der Waals surface area contributed by atoms with Crippen molar-refractivity contribution in [3.05, 3.63) is 114 Å². The molecule has 0 unspecified atom stereocenters. The molecule has 234 valence electrons. The highest BCUT2D eigenvalue weighted by Gasteiger charge is 2.20. The van der Waals surface area contributed by atoms with E-state index in [2.05, 4.69) is 53.4 Å². The van der Waals surface area contributed by atoms with Crippen LogP contribution in [0.3, 0.4) is 0 Å². The summed E-state index contributed by atoms with van der Waals surface area (Å²) in [5.74, 6) is 1.24. The average Bonchev–Trinajstić information content (AvgIpc) is 3.08. The molecule has 8 nitrogen and oxygen atoms in total. The molecule has 0 saturated carbocycles. The van der Waals surface area contributed by atoms with Gasteiger partial charge in [-0.3, -0.25) is 9.69 Å². The fourth-order valence-corrected chi connectivity index (χ4v) is 4.95. The monoisotopic (exact) mass is 600 g/mol. The van der Waals surface area contributed by atoms with Gasteiger partial charge in [0.15, 0.2) is 18.3 Å². The summed E-state index contributed by atoms with van der Waals surface area (Å²) in [5.41, 5.74) is 3.26. The summed E-state index contributed by atoms with van der Waals surface area (Å²) in [4.78, 5) is 17.1. The molecule has 0 spiro atoms. The second-order valence-electron chi connectivity index (χ2n) is 10.4. The largest absolute Gasteiger partial charge is 0.493 e. The number of hydrogen-bond donors (Lipinski definition) is 0. The minimum atomic E-state index is -0.0698. The number of amides is 1. The highest BCUT2D eigenvalue weighted by Crippen LogP contribution is 2.29. The zero-order valence-corrected chi connectivity index (χ0v) is 25.8. The number of hydrogen-bond acceptors (Lipinski definition) is 7. The summed E-state index contributed by atoms with van der Waals surface area (Å²) in [6.45, 7) is 5.88. The molecule has 1 amide bonds. The van der Waals surface area contributed by atoms with Gasteiger partial charge in [-0.15, -0.1) is 0 Å². The summed E-state index contributed by atoms with van der Waals surface area (Å²) in [6.07, 6.45) is 8.05. The highest BCUT2D eigenvalue weighted by atomic mass is 16.7. The second-order valence-corrected chi connectivity index (χ2v) is 10.4. The lowest BCUT2D eigenvalue weighted by atomic mass is 10.0. The Labute approximate surface area is 261 Å². The van der Waals surface area contributed by atoms with Crippen LogP contribution in [0.25, 0.3) is 6.08 Å². The van der Waals surface area contributed by atoms with E-state index in [4.69, 9.17) is 23.7 Å². The topological polar surface area (TPSA) is 69.7 Å². The molecule has 3 aromatic carbocycles. The Bertz CT molecular complexity index is 1270. The van der Waals surface area contributed by atoms with Crippen molar-refractivity contribution >= 4 is 12.0 Å². The third kappa shape index (κ3) is 10.6. The Morgan fingerprint density at radius 3 is 2.18 bits per heavy atom. The predicted molar refractivity (Wildman–Crippen MR) is 173 cm³/mol. The third-order valence-corrected chi connectivity index (χ3v) is 7.35. The lowest BCUT2D eigenvalue weighted by molar-refractivity contribution is -0.127. The van der Waals surface area contributed by atoms with Crippen LogP contribution in [0.4, 0.5) is 0 Å². The number of piperazine rings is 1. The highest BCUT2D eigenvalue weighted by molar-refractivity contribution is 5.88. The van der Waals surface area contributed by atoms with Gasteiger partial charge in [0.1, 0.15) is 6.10 Å². The number of benzene rings is 3. The predicted octanol–water partition coefficient (Wildman–Crippen LogP) is 5.60. The summed E-state index contributed by atoms with van der Waals surface area (Å²) in [7, 11) is 3.22. The number of carbonyl (C=O) groups excluding carboxylic acids is 1. The van der Waals surface area contributed by atoms with Crippen LogP contribution >= 0.6 is 0 Å². The molecule has 0 aromatic heterocycles. The minimum Gasteiger partial charge on any atom is -0.493 e. The third-order valence-electron chi connectivity index (χ3n) is 7.35. The first-order valence-electron chi connectivity index (χ1n) is 15.1.